The Balaban J connectivity index is 4.01. The van der Waals surface area contributed by atoms with E-state index in [0.29, 0.717) is 12.2 Å². The summed E-state index contributed by atoms with van der Waals surface area (Å²) in [5.74, 6) is -0.836. The van der Waals surface area contributed by atoms with Gasteiger partial charge in [-0.3, -0.25) is 4.79 Å². The first-order chi connectivity index (χ1) is 8.28. The summed E-state index contributed by atoms with van der Waals surface area (Å²) < 4.78 is 22.8. The highest BCUT2D eigenvalue weighted by Crippen LogP contribution is 2.06. The van der Waals surface area contributed by atoms with Crippen molar-refractivity contribution >= 4 is 33.5 Å². The van der Waals surface area contributed by atoms with Gasteiger partial charge in [-0.25, -0.2) is 13.2 Å². The van der Waals surface area contributed by atoms with Crippen LogP contribution >= 0.6 is 11.8 Å². The Kier molecular flexibility index (Phi) is 8.01. The van der Waals surface area contributed by atoms with Gasteiger partial charge >= 0.3 is 5.97 Å². The molecule has 106 valence electrons. The fourth-order valence-electron chi connectivity index (χ4n) is 1.22. The third kappa shape index (κ3) is 8.35. The Labute approximate surface area is 111 Å². The molecule has 18 heavy (non-hydrogen) atoms. The fourth-order valence-corrected chi connectivity index (χ4v) is 4.16. The van der Waals surface area contributed by atoms with E-state index in [1.807, 2.05) is 0 Å². The molecule has 0 aliphatic rings. The standard InChI is InChI=1S/C10H19NO5S2/c1-3-5-18(15,16)6-4-17-7-9(10(13)14)11-8(2)12/h9H,3-7H2,1-2H3,(H,11,12)(H,13,14). The largest absolute Gasteiger partial charge is 0.480 e. The molecule has 0 bridgehead atoms. The second-order valence-corrected chi connectivity index (χ2v) is 7.27. The average molecular weight is 297 g/mol. The third-order valence-electron chi connectivity index (χ3n) is 2.01. The van der Waals surface area contributed by atoms with E-state index in [1.165, 1.54) is 18.7 Å². The van der Waals surface area contributed by atoms with Crippen LogP contribution in [0.3, 0.4) is 0 Å². The Morgan fingerprint density at radius 1 is 1.33 bits per heavy atom. The number of hydrogen-bond acceptors (Lipinski definition) is 5. The maximum atomic E-state index is 11.4. The molecule has 2 N–H and O–H groups in total. The van der Waals surface area contributed by atoms with Crippen LogP contribution in [-0.4, -0.2) is 54.5 Å². The molecule has 8 heteroatoms. The topological polar surface area (TPSA) is 101 Å². The third-order valence-corrected chi connectivity index (χ3v) is 5.19. The van der Waals surface area contributed by atoms with Gasteiger partial charge in [0.1, 0.15) is 6.04 Å². The fraction of sp³-hybridized carbons (Fsp3) is 0.800. The number of amides is 1. The molecule has 1 atom stereocenters. The first kappa shape index (κ1) is 17.2. The van der Waals surface area contributed by atoms with Crippen molar-refractivity contribution in [1.29, 1.82) is 0 Å². The number of rotatable bonds is 9. The van der Waals surface area contributed by atoms with Gasteiger partial charge in [-0.2, -0.15) is 11.8 Å². The van der Waals surface area contributed by atoms with Gasteiger partial charge in [-0.05, 0) is 6.42 Å². The Hall–Kier alpha value is -0.760. The van der Waals surface area contributed by atoms with Crippen molar-refractivity contribution in [3.63, 3.8) is 0 Å². The molecule has 0 rings (SSSR count). The lowest BCUT2D eigenvalue weighted by atomic mass is 10.3. The minimum absolute atomic E-state index is 0.0396. The second kappa shape index (κ2) is 8.36. The quantitative estimate of drug-likeness (QED) is 0.587. The van der Waals surface area contributed by atoms with Crippen molar-refractivity contribution in [2.24, 2.45) is 0 Å². The summed E-state index contributed by atoms with van der Waals surface area (Å²) in [7, 11) is -3.03. The molecule has 0 aromatic heterocycles. The van der Waals surface area contributed by atoms with Gasteiger partial charge in [0.05, 0.1) is 5.75 Å². The molecule has 0 aliphatic heterocycles. The second-order valence-electron chi connectivity index (χ2n) is 3.82. The van der Waals surface area contributed by atoms with Gasteiger partial charge in [0, 0.05) is 24.2 Å². The van der Waals surface area contributed by atoms with E-state index < -0.39 is 27.8 Å². The summed E-state index contributed by atoms with van der Waals surface area (Å²) in [6.07, 6.45) is 0.580. The molecule has 0 saturated carbocycles. The highest BCUT2D eigenvalue weighted by atomic mass is 32.2. The van der Waals surface area contributed by atoms with E-state index in [9.17, 15) is 18.0 Å². The van der Waals surface area contributed by atoms with Gasteiger partial charge < -0.3 is 10.4 Å². The zero-order valence-corrected chi connectivity index (χ0v) is 12.1. The highest BCUT2D eigenvalue weighted by Gasteiger charge is 2.18. The lowest BCUT2D eigenvalue weighted by Crippen LogP contribution is -2.41. The Morgan fingerprint density at radius 3 is 2.39 bits per heavy atom. The predicted octanol–water partition coefficient (Wildman–Crippen LogP) is 0.134. The molecule has 0 heterocycles. The van der Waals surface area contributed by atoms with Gasteiger partial charge in [-0.1, -0.05) is 6.92 Å². The molecule has 6 nitrogen and oxygen atoms in total. The van der Waals surface area contributed by atoms with Crippen molar-refractivity contribution in [2.75, 3.05) is 23.0 Å². The van der Waals surface area contributed by atoms with Gasteiger partial charge in [0.25, 0.3) is 0 Å². The first-order valence-corrected chi connectivity index (χ1v) is 8.54. The predicted molar refractivity (Wildman–Crippen MR) is 71.5 cm³/mol. The summed E-state index contributed by atoms with van der Waals surface area (Å²) in [6, 6.07) is -0.971. The molecule has 0 radical (unpaired) electrons. The number of hydrogen-bond donors (Lipinski definition) is 2. The molecule has 0 saturated heterocycles. The molecule has 0 spiro atoms. The van der Waals surface area contributed by atoms with Crippen LogP contribution in [-0.2, 0) is 19.4 Å². The molecule has 0 fully saturated rings. The number of aliphatic carboxylic acids is 1. The van der Waals surface area contributed by atoms with E-state index in [4.69, 9.17) is 5.11 Å². The van der Waals surface area contributed by atoms with E-state index in [1.54, 1.807) is 6.92 Å². The number of carbonyl (C=O) groups is 2. The highest BCUT2D eigenvalue weighted by molar-refractivity contribution is 8.00. The zero-order chi connectivity index (χ0) is 14.2. The molecular weight excluding hydrogens is 278 g/mol. The molecule has 0 aliphatic carbocycles. The van der Waals surface area contributed by atoms with Crippen LogP contribution < -0.4 is 5.32 Å². The van der Waals surface area contributed by atoms with Gasteiger partial charge in [-0.15, -0.1) is 0 Å². The summed E-state index contributed by atoms with van der Waals surface area (Å²) in [4.78, 5) is 21.5. The number of nitrogens with one attached hydrogen (secondary N) is 1. The van der Waals surface area contributed by atoms with Crippen LogP contribution in [0, 0.1) is 0 Å². The van der Waals surface area contributed by atoms with Crippen LogP contribution in [0.25, 0.3) is 0 Å². The number of carbonyl (C=O) groups excluding carboxylic acids is 1. The average Bonchev–Trinajstić information content (AvgIpc) is 2.21. The molecular formula is C10H19NO5S2. The minimum Gasteiger partial charge on any atom is -0.480 e. The lowest BCUT2D eigenvalue weighted by Gasteiger charge is -2.12. The van der Waals surface area contributed by atoms with Crippen molar-refractivity contribution in [3.8, 4) is 0 Å². The first-order valence-electron chi connectivity index (χ1n) is 5.56. The van der Waals surface area contributed by atoms with E-state index in [-0.39, 0.29) is 17.3 Å². The Morgan fingerprint density at radius 2 is 1.94 bits per heavy atom. The summed E-state index contributed by atoms with van der Waals surface area (Å²) in [6.45, 7) is 3.04. The molecule has 0 aromatic carbocycles. The van der Waals surface area contributed by atoms with Crippen LogP contribution in [0.5, 0.6) is 0 Å². The molecule has 1 unspecified atom stereocenters. The van der Waals surface area contributed by atoms with Crippen molar-refractivity contribution in [1.82, 2.24) is 5.32 Å². The number of carboxylic acid groups (broad SMARTS) is 1. The van der Waals surface area contributed by atoms with Crippen LogP contribution in [0.1, 0.15) is 20.3 Å². The zero-order valence-electron chi connectivity index (χ0n) is 10.5. The van der Waals surface area contributed by atoms with E-state index in [2.05, 4.69) is 5.32 Å². The van der Waals surface area contributed by atoms with E-state index >= 15 is 0 Å². The maximum absolute atomic E-state index is 11.4. The SMILES string of the molecule is CCCS(=O)(=O)CCSCC(NC(C)=O)C(=O)O. The maximum Gasteiger partial charge on any atom is 0.327 e. The van der Waals surface area contributed by atoms with Gasteiger partial charge in [0.2, 0.25) is 5.91 Å². The van der Waals surface area contributed by atoms with Crippen molar-refractivity contribution < 1.29 is 23.1 Å². The minimum atomic E-state index is -3.03. The lowest BCUT2D eigenvalue weighted by molar-refractivity contribution is -0.140. The molecule has 1 amide bonds. The van der Waals surface area contributed by atoms with Crippen LogP contribution in [0.4, 0.5) is 0 Å². The molecule has 0 aromatic rings. The normalized spacial score (nSPS) is 13.0. The smallest absolute Gasteiger partial charge is 0.327 e. The Bertz CT molecular complexity index is 380. The summed E-state index contributed by atoms with van der Waals surface area (Å²) >= 11 is 1.21. The van der Waals surface area contributed by atoms with Crippen molar-refractivity contribution in [3.05, 3.63) is 0 Å². The number of thioether (sulfide) groups is 1. The van der Waals surface area contributed by atoms with Crippen LogP contribution in [0.2, 0.25) is 0 Å². The summed E-state index contributed by atoms with van der Waals surface area (Å²) in [5.41, 5.74) is 0. The van der Waals surface area contributed by atoms with Crippen LogP contribution in [0.15, 0.2) is 0 Å². The number of carboxylic acids is 1. The van der Waals surface area contributed by atoms with Gasteiger partial charge in [0.15, 0.2) is 9.84 Å². The monoisotopic (exact) mass is 297 g/mol. The van der Waals surface area contributed by atoms with E-state index in [0.717, 1.165) is 0 Å². The van der Waals surface area contributed by atoms with Crippen molar-refractivity contribution in [2.45, 2.75) is 26.3 Å². The number of sulfone groups is 1. The summed E-state index contributed by atoms with van der Waals surface area (Å²) in [5, 5.41) is 11.1.